The first-order valence-corrected chi connectivity index (χ1v) is 5.09. The maximum Gasteiger partial charge on any atom is 0.238 e. The summed E-state index contributed by atoms with van der Waals surface area (Å²) in [6.07, 6.45) is 0.601. The molecule has 0 bridgehead atoms. The molecule has 1 rings (SSSR count). The van der Waals surface area contributed by atoms with Crippen molar-refractivity contribution in [1.82, 2.24) is 0 Å². The predicted octanol–water partition coefficient (Wildman–Crippen LogP) is 0.455. The zero-order valence-electron chi connectivity index (χ0n) is 7.02. The standard InChI is InChI=1S/C8H9NO3S/c1-6-7(5-10)3-2-4-8(6)13(9,11)12/h2-5H,1H3,(H2,9,11,12). The second-order valence-electron chi connectivity index (χ2n) is 2.63. The highest BCUT2D eigenvalue weighted by Gasteiger charge is 2.12. The molecule has 0 aliphatic heterocycles. The van der Waals surface area contributed by atoms with E-state index in [2.05, 4.69) is 0 Å². The van der Waals surface area contributed by atoms with E-state index in [4.69, 9.17) is 5.14 Å². The Balaban J connectivity index is 3.50. The van der Waals surface area contributed by atoms with Gasteiger partial charge in [0, 0.05) is 5.56 Å². The van der Waals surface area contributed by atoms with E-state index in [1.54, 1.807) is 6.92 Å². The smallest absolute Gasteiger partial charge is 0.238 e. The molecule has 1 aromatic rings. The molecular formula is C8H9NO3S. The van der Waals surface area contributed by atoms with Gasteiger partial charge in [0.2, 0.25) is 10.0 Å². The molecule has 0 saturated heterocycles. The third-order valence-electron chi connectivity index (χ3n) is 1.76. The number of carbonyl (C=O) groups excluding carboxylic acids is 1. The molecule has 4 nitrogen and oxygen atoms in total. The van der Waals surface area contributed by atoms with Crippen LogP contribution in [-0.4, -0.2) is 14.7 Å². The number of rotatable bonds is 2. The minimum absolute atomic E-state index is 0.00269. The molecule has 0 atom stereocenters. The van der Waals surface area contributed by atoms with Crippen LogP contribution in [-0.2, 0) is 10.0 Å². The van der Waals surface area contributed by atoms with Crippen molar-refractivity contribution in [3.8, 4) is 0 Å². The molecule has 13 heavy (non-hydrogen) atoms. The topological polar surface area (TPSA) is 77.2 Å². The van der Waals surface area contributed by atoms with Gasteiger partial charge >= 0.3 is 0 Å². The Morgan fingerprint density at radius 3 is 2.46 bits per heavy atom. The highest BCUT2D eigenvalue weighted by atomic mass is 32.2. The van der Waals surface area contributed by atoms with Gasteiger partial charge in [-0.05, 0) is 18.6 Å². The van der Waals surface area contributed by atoms with Crippen molar-refractivity contribution in [2.24, 2.45) is 5.14 Å². The van der Waals surface area contributed by atoms with Gasteiger partial charge in [-0.25, -0.2) is 13.6 Å². The van der Waals surface area contributed by atoms with E-state index in [9.17, 15) is 13.2 Å². The zero-order valence-corrected chi connectivity index (χ0v) is 7.84. The fourth-order valence-electron chi connectivity index (χ4n) is 1.07. The normalized spacial score (nSPS) is 11.2. The molecule has 0 saturated carbocycles. The monoisotopic (exact) mass is 199 g/mol. The van der Waals surface area contributed by atoms with E-state index >= 15 is 0 Å². The second-order valence-corrected chi connectivity index (χ2v) is 4.16. The van der Waals surface area contributed by atoms with Crippen LogP contribution in [0.15, 0.2) is 23.1 Å². The molecular weight excluding hydrogens is 190 g/mol. The molecule has 0 aromatic heterocycles. The first kappa shape index (κ1) is 9.88. The van der Waals surface area contributed by atoms with Gasteiger partial charge in [0.05, 0.1) is 4.90 Å². The Hall–Kier alpha value is -1.20. The number of aldehydes is 1. The molecule has 0 spiro atoms. The minimum Gasteiger partial charge on any atom is -0.298 e. The van der Waals surface area contributed by atoms with E-state index in [0.29, 0.717) is 17.4 Å². The van der Waals surface area contributed by atoms with E-state index < -0.39 is 10.0 Å². The van der Waals surface area contributed by atoms with Crippen LogP contribution in [0.1, 0.15) is 15.9 Å². The molecule has 0 heterocycles. The molecule has 70 valence electrons. The molecule has 0 unspecified atom stereocenters. The van der Waals surface area contributed by atoms with Gasteiger partial charge in [-0.3, -0.25) is 4.79 Å². The van der Waals surface area contributed by atoms with Gasteiger partial charge in [0.15, 0.2) is 0 Å². The van der Waals surface area contributed by atoms with Crippen molar-refractivity contribution in [3.05, 3.63) is 29.3 Å². The van der Waals surface area contributed by atoms with E-state index in [0.717, 1.165) is 0 Å². The van der Waals surface area contributed by atoms with Crippen molar-refractivity contribution < 1.29 is 13.2 Å². The van der Waals surface area contributed by atoms with Crippen LogP contribution >= 0.6 is 0 Å². The lowest BCUT2D eigenvalue weighted by molar-refractivity contribution is 0.112. The molecule has 0 fully saturated rings. The summed E-state index contributed by atoms with van der Waals surface area (Å²) >= 11 is 0. The Bertz CT molecular complexity index is 437. The van der Waals surface area contributed by atoms with Crippen LogP contribution in [0.5, 0.6) is 0 Å². The van der Waals surface area contributed by atoms with Crippen LogP contribution in [0, 0.1) is 6.92 Å². The van der Waals surface area contributed by atoms with Crippen LogP contribution in [0.25, 0.3) is 0 Å². The van der Waals surface area contributed by atoms with Gasteiger partial charge in [-0.2, -0.15) is 0 Å². The average Bonchev–Trinajstić information content (AvgIpc) is 2.02. The summed E-state index contributed by atoms with van der Waals surface area (Å²) in [7, 11) is -3.72. The number of sulfonamides is 1. The van der Waals surface area contributed by atoms with E-state index in [-0.39, 0.29) is 4.90 Å². The number of carbonyl (C=O) groups is 1. The van der Waals surface area contributed by atoms with Crippen molar-refractivity contribution in [2.45, 2.75) is 11.8 Å². The van der Waals surface area contributed by atoms with Crippen LogP contribution in [0.3, 0.4) is 0 Å². The second kappa shape index (κ2) is 3.27. The Kier molecular flexibility index (Phi) is 2.49. The fourth-order valence-corrected chi connectivity index (χ4v) is 1.88. The third-order valence-corrected chi connectivity index (χ3v) is 2.81. The van der Waals surface area contributed by atoms with Crippen molar-refractivity contribution in [3.63, 3.8) is 0 Å². The number of hydrogen-bond donors (Lipinski definition) is 1. The molecule has 1 aromatic carbocycles. The molecule has 0 aliphatic rings. The highest BCUT2D eigenvalue weighted by molar-refractivity contribution is 7.89. The fraction of sp³-hybridized carbons (Fsp3) is 0.125. The summed E-state index contributed by atoms with van der Waals surface area (Å²) in [4.78, 5) is 10.5. The highest BCUT2D eigenvalue weighted by Crippen LogP contribution is 2.15. The summed E-state index contributed by atoms with van der Waals surface area (Å²) in [5.41, 5.74) is 0.728. The van der Waals surface area contributed by atoms with Crippen molar-refractivity contribution in [2.75, 3.05) is 0 Å². The molecule has 0 radical (unpaired) electrons. The van der Waals surface area contributed by atoms with Crippen LogP contribution in [0.4, 0.5) is 0 Å². The van der Waals surface area contributed by atoms with Crippen LogP contribution < -0.4 is 5.14 Å². The average molecular weight is 199 g/mol. The SMILES string of the molecule is Cc1c(C=O)cccc1S(N)(=O)=O. The van der Waals surface area contributed by atoms with Gasteiger partial charge in [-0.15, -0.1) is 0 Å². The summed E-state index contributed by atoms with van der Waals surface area (Å²) in [6.45, 7) is 1.55. The van der Waals surface area contributed by atoms with Gasteiger partial charge in [-0.1, -0.05) is 12.1 Å². The Morgan fingerprint density at radius 2 is 2.00 bits per heavy atom. The van der Waals surface area contributed by atoms with E-state index in [1.165, 1.54) is 18.2 Å². The number of primary sulfonamides is 1. The first-order valence-electron chi connectivity index (χ1n) is 3.54. The maximum atomic E-state index is 11.0. The van der Waals surface area contributed by atoms with Crippen molar-refractivity contribution >= 4 is 16.3 Å². The lowest BCUT2D eigenvalue weighted by Gasteiger charge is -2.04. The van der Waals surface area contributed by atoms with Gasteiger partial charge in [0.25, 0.3) is 0 Å². The molecule has 0 amide bonds. The quantitative estimate of drug-likeness (QED) is 0.703. The number of benzene rings is 1. The van der Waals surface area contributed by atoms with Gasteiger partial charge < -0.3 is 0 Å². The Morgan fingerprint density at radius 1 is 1.38 bits per heavy atom. The summed E-state index contributed by atoms with van der Waals surface area (Å²) < 4.78 is 22.0. The summed E-state index contributed by atoms with van der Waals surface area (Å²) in [5, 5.41) is 4.94. The lowest BCUT2D eigenvalue weighted by Crippen LogP contribution is -2.14. The summed E-state index contributed by atoms with van der Waals surface area (Å²) in [6, 6.07) is 4.39. The molecule has 2 N–H and O–H groups in total. The van der Waals surface area contributed by atoms with E-state index in [1.807, 2.05) is 0 Å². The number of hydrogen-bond acceptors (Lipinski definition) is 3. The zero-order chi connectivity index (χ0) is 10.1. The van der Waals surface area contributed by atoms with Gasteiger partial charge in [0.1, 0.15) is 6.29 Å². The third kappa shape index (κ3) is 1.93. The largest absolute Gasteiger partial charge is 0.298 e. The van der Waals surface area contributed by atoms with Crippen LogP contribution in [0.2, 0.25) is 0 Å². The molecule has 0 aliphatic carbocycles. The predicted molar refractivity (Wildman–Crippen MR) is 47.9 cm³/mol. The Labute approximate surface area is 76.4 Å². The van der Waals surface area contributed by atoms with Crippen molar-refractivity contribution in [1.29, 1.82) is 0 Å². The lowest BCUT2D eigenvalue weighted by atomic mass is 10.1. The first-order chi connectivity index (χ1) is 5.96. The number of nitrogens with two attached hydrogens (primary N) is 1. The summed E-state index contributed by atoms with van der Waals surface area (Å²) in [5.74, 6) is 0. The molecule has 5 heteroatoms. The maximum absolute atomic E-state index is 11.0. The minimum atomic E-state index is -3.72.